The van der Waals surface area contributed by atoms with Crippen molar-refractivity contribution < 1.29 is 9.53 Å². The Bertz CT molecular complexity index is 1170. The van der Waals surface area contributed by atoms with Crippen molar-refractivity contribution in [2.24, 2.45) is 0 Å². The Kier molecular flexibility index (Phi) is 5.07. The van der Waals surface area contributed by atoms with Crippen molar-refractivity contribution in [3.8, 4) is 17.0 Å². The largest absolute Gasteiger partial charge is 0.423 e. The Balaban J connectivity index is 1.55. The lowest BCUT2D eigenvalue weighted by molar-refractivity contribution is 0.0734. The molecule has 138 valence electrons. The van der Waals surface area contributed by atoms with Crippen LogP contribution in [0.3, 0.4) is 0 Å². The quantitative estimate of drug-likeness (QED) is 0.273. The smallest absolute Gasteiger partial charge is 0.343 e. The van der Waals surface area contributed by atoms with Crippen LogP contribution in [0, 0.1) is 6.92 Å². The summed E-state index contributed by atoms with van der Waals surface area (Å²) >= 11 is 8.74. The Hall–Kier alpha value is -2.83. The Morgan fingerprint density at radius 2 is 1.57 bits per heavy atom. The predicted molar refractivity (Wildman–Crippen MR) is 116 cm³/mol. The number of hydrogen-bond acceptors (Lipinski definition) is 6. The minimum atomic E-state index is -0.455. The van der Waals surface area contributed by atoms with Gasteiger partial charge in [-0.2, -0.15) is 0 Å². The third-order valence-electron chi connectivity index (χ3n) is 4.40. The first-order valence-electron chi connectivity index (χ1n) is 8.58. The average molecular weight is 405 g/mol. The maximum absolute atomic E-state index is 12.4. The van der Waals surface area contributed by atoms with Gasteiger partial charge in [-0.25, -0.2) is 9.78 Å². The van der Waals surface area contributed by atoms with Crippen molar-refractivity contribution in [2.45, 2.75) is 16.7 Å². The number of fused-ring (bicyclic) bond motifs is 1. The standard InChI is InChI=1S/C22H16N2O2S2/c1-13-20(27)10-15(11-21(13)28)22(25)26-16-8-6-14(7-9-16)19-12-23-17-4-2-3-5-18(17)24-19/h2-12,27-28H,1H3. The summed E-state index contributed by atoms with van der Waals surface area (Å²) in [5, 5.41) is 0. The molecule has 28 heavy (non-hydrogen) atoms. The van der Waals surface area contributed by atoms with Crippen molar-refractivity contribution in [3.05, 3.63) is 78.0 Å². The number of esters is 1. The van der Waals surface area contributed by atoms with Gasteiger partial charge in [0.1, 0.15) is 5.75 Å². The number of hydrogen-bond donors (Lipinski definition) is 2. The monoisotopic (exact) mass is 404 g/mol. The van der Waals surface area contributed by atoms with Gasteiger partial charge in [-0.1, -0.05) is 12.1 Å². The van der Waals surface area contributed by atoms with Gasteiger partial charge in [0.25, 0.3) is 0 Å². The van der Waals surface area contributed by atoms with Gasteiger partial charge in [0, 0.05) is 15.4 Å². The van der Waals surface area contributed by atoms with Gasteiger partial charge in [-0.15, -0.1) is 25.3 Å². The highest BCUT2D eigenvalue weighted by Crippen LogP contribution is 2.25. The summed E-state index contributed by atoms with van der Waals surface area (Å²) in [7, 11) is 0. The molecule has 1 heterocycles. The Labute approximate surface area is 173 Å². The fourth-order valence-electron chi connectivity index (χ4n) is 2.76. The molecule has 0 saturated heterocycles. The van der Waals surface area contributed by atoms with Gasteiger partial charge in [-0.3, -0.25) is 4.98 Å². The summed E-state index contributed by atoms with van der Waals surface area (Å²) in [4.78, 5) is 22.9. The van der Waals surface area contributed by atoms with Gasteiger partial charge >= 0.3 is 5.97 Å². The molecule has 0 radical (unpaired) electrons. The first kappa shape index (κ1) is 18.5. The highest BCUT2D eigenvalue weighted by molar-refractivity contribution is 7.81. The van der Waals surface area contributed by atoms with Crippen molar-refractivity contribution in [1.29, 1.82) is 0 Å². The van der Waals surface area contributed by atoms with E-state index in [0.717, 1.165) is 27.9 Å². The van der Waals surface area contributed by atoms with E-state index >= 15 is 0 Å². The summed E-state index contributed by atoms with van der Waals surface area (Å²) in [5.41, 5.74) is 4.66. The summed E-state index contributed by atoms with van der Waals surface area (Å²) in [6, 6.07) is 18.3. The molecule has 0 unspecified atom stereocenters. The third kappa shape index (κ3) is 3.74. The molecular formula is C22H16N2O2S2. The van der Waals surface area contributed by atoms with Gasteiger partial charge in [0.15, 0.2) is 0 Å². The summed E-state index contributed by atoms with van der Waals surface area (Å²) < 4.78 is 5.47. The summed E-state index contributed by atoms with van der Waals surface area (Å²) in [5.74, 6) is -0.00616. The molecule has 0 bridgehead atoms. The number of ether oxygens (including phenoxy) is 1. The molecular weight excluding hydrogens is 388 g/mol. The van der Waals surface area contributed by atoms with E-state index in [-0.39, 0.29) is 0 Å². The molecule has 4 aromatic rings. The zero-order chi connectivity index (χ0) is 19.7. The van der Waals surface area contributed by atoms with Crippen LogP contribution < -0.4 is 4.74 Å². The van der Waals surface area contributed by atoms with Crippen LogP contribution in [-0.4, -0.2) is 15.9 Å². The molecule has 0 fully saturated rings. The number of carbonyl (C=O) groups excluding carboxylic acids is 1. The fraction of sp³-hybridized carbons (Fsp3) is 0.0455. The molecule has 0 amide bonds. The normalized spacial score (nSPS) is 10.8. The third-order valence-corrected chi connectivity index (χ3v) is 5.33. The molecule has 4 rings (SSSR count). The number of nitrogens with zero attached hydrogens (tertiary/aromatic N) is 2. The second-order valence-electron chi connectivity index (χ2n) is 6.30. The van der Waals surface area contributed by atoms with Crippen LogP contribution in [-0.2, 0) is 0 Å². The van der Waals surface area contributed by atoms with E-state index in [2.05, 4.69) is 35.2 Å². The highest BCUT2D eigenvalue weighted by atomic mass is 32.1. The predicted octanol–water partition coefficient (Wildman–Crippen LogP) is 5.40. The number of benzene rings is 3. The van der Waals surface area contributed by atoms with E-state index in [1.54, 1.807) is 30.5 Å². The van der Waals surface area contributed by atoms with Crippen LogP contribution in [0.5, 0.6) is 5.75 Å². The summed E-state index contributed by atoms with van der Waals surface area (Å²) in [6.45, 7) is 1.90. The van der Waals surface area contributed by atoms with E-state index in [0.29, 0.717) is 21.1 Å². The van der Waals surface area contributed by atoms with Crippen LogP contribution in [0.2, 0.25) is 0 Å². The lowest BCUT2D eigenvalue weighted by atomic mass is 10.1. The molecule has 0 spiro atoms. The first-order valence-corrected chi connectivity index (χ1v) is 9.48. The van der Waals surface area contributed by atoms with E-state index in [1.165, 1.54) is 0 Å². The molecule has 0 aliphatic carbocycles. The van der Waals surface area contributed by atoms with Gasteiger partial charge in [0.05, 0.1) is 28.5 Å². The number of thiol groups is 2. The topological polar surface area (TPSA) is 52.1 Å². The maximum atomic E-state index is 12.4. The minimum absolute atomic E-state index is 0.407. The van der Waals surface area contributed by atoms with Crippen LogP contribution in [0.25, 0.3) is 22.3 Å². The molecule has 0 saturated carbocycles. The number of carbonyl (C=O) groups is 1. The average Bonchev–Trinajstić information content (AvgIpc) is 2.71. The molecule has 0 aliphatic rings. The summed E-state index contributed by atoms with van der Waals surface area (Å²) in [6.07, 6.45) is 1.73. The lowest BCUT2D eigenvalue weighted by Crippen LogP contribution is -2.09. The second kappa shape index (κ2) is 7.66. The maximum Gasteiger partial charge on any atom is 0.343 e. The van der Waals surface area contributed by atoms with E-state index < -0.39 is 5.97 Å². The molecule has 6 heteroatoms. The SMILES string of the molecule is Cc1c(S)cc(C(=O)Oc2ccc(-c3cnc4ccccc4n3)cc2)cc1S. The molecule has 0 atom stereocenters. The van der Waals surface area contributed by atoms with Crippen LogP contribution in [0.1, 0.15) is 15.9 Å². The van der Waals surface area contributed by atoms with E-state index in [1.807, 2.05) is 43.3 Å². The first-order chi connectivity index (χ1) is 13.5. The van der Waals surface area contributed by atoms with Crippen LogP contribution in [0.15, 0.2) is 76.7 Å². The van der Waals surface area contributed by atoms with Crippen LogP contribution in [0.4, 0.5) is 0 Å². The van der Waals surface area contributed by atoms with Gasteiger partial charge < -0.3 is 4.74 Å². The minimum Gasteiger partial charge on any atom is -0.423 e. The number of aromatic nitrogens is 2. The van der Waals surface area contributed by atoms with Crippen molar-refractivity contribution in [3.63, 3.8) is 0 Å². The van der Waals surface area contributed by atoms with Crippen molar-refractivity contribution in [2.75, 3.05) is 0 Å². The molecule has 0 aliphatic heterocycles. The zero-order valence-electron chi connectivity index (χ0n) is 15.0. The molecule has 4 nitrogen and oxygen atoms in total. The van der Waals surface area contributed by atoms with Gasteiger partial charge in [0.2, 0.25) is 0 Å². The van der Waals surface area contributed by atoms with E-state index in [4.69, 9.17) is 4.74 Å². The van der Waals surface area contributed by atoms with Gasteiger partial charge in [-0.05, 0) is 61.0 Å². The number of para-hydroxylation sites is 2. The zero-order valence-corrected chi connectivity index (χ0v) is 16.7. The Morgan fingerprint density at radius 1 is 0.929 bits per heavy atom. The van der Waals surface area contributed by atoms with Crippen LogP contribution >= 0.6 is 25.3 Å². The highest BCUT2D eigenvalue weighted by Gasteiger charge is 2.12. The number of rotatable bonds is 3. The fourth-order valence-corrected chi connectivity index (χ4v) is 3.37. The molecule has 3 aromatic carbocycles. The van der Waals surface area contributed by atoms with Crippen molar-refractivity contribution >= 4 is 42.3 Å². The van der Waals surface area contributed by atoms with E-state index in [9.17, 15) is 4.79 Å². The second-order valence-corrected chi connectivity index (χ2v) is 7.26. The molecule has 1 aromatic heterocycles. The molecule has 0 N–H and O–H groups in total. The lowest BCUT2D eigenvalue weighted by Gasteiger charge is -2.09. The van der Waals surface area contributed by atoms with Crippen molar-refractivity contribution in [1.82, 2.24) is 9.97 Å². The Morgan fingerprint density at radius 3 is 2.25 bits per heavy atom.